The molecule has 0 radical (unpaired) electrons. The molecular weight excluding hydrogens is 252 g/mol. The Balaban J connectivity index is 0.00000162. The Kier molecular flexibility index (Phi) is 7.63. The number of hydrogen-bond donors (Lipinski definition) is 2. The third kappa shape index (κ3) is 5.12. The highest BCUT2D eigenvalue weighted by molar-refractivity contribution is 5.85. The molecule has 1 saturated heterocycles. The van der Waals surface area contributed by atoms with E-state index < -0.39 is 0 Å². The van der Waals surface area contributed by atoms with Crippen LogP contribution in [0.4, 0.5) is 0 Å². The van der Waals surface area contributed by atoms with Gasteiger partial charge in [-0.25, -0.2) is 0 Å². The van der Waals surface area contributed by atoms with Gasteiger partial charge in [-0.1, -0.05) is 19.3 Å². The molecule has 0 bridgehead atoms. The maximum absolute atomic E-state index is 11.7. The highest BCUT2D eigenvalue weighted by atomic mass is 35.5. The first-order valence-electron chi connectivity index (χ1n) is 6.96. The van der Waals surface area contributed by atoms with E-state index in [0.29, 0.717) is 19.3 Å². The third-order valence-corrected chi connectivity index (χ3v) is 3.74. The summed E-state index contributed by atoms with van der Waals surface area (Å²) in [5.74, 6) is 0.354. The van der Waals surface area contributed by atoms with Crippen molar-refractivity contribution >= 4 is 18.3 Å². The van der Waals surface area contributed by atoms with Gasteiger partial charge in [-0.2, -0.15) is 0 Å². The Labute approximate surface area is 116 Å². The van der Waals surface area contributed by atoms with Crippen molar-refractivity contribution in [2.75, 3.05) is 26.2 Å². The van der Waals surface area contributed by atoms with Crippen molar-refractivity contribution in [3.05, 3.63) is 0 Å². The Morgan fingerprint density at radius 1 is 1.22 bits per heavy atom. The molecule has 2 N–H and O–H groups in total. The molecule has 2 rings (SSSR count). The molecule has 1 aliphatic carbocycles. The first kappa shape index (κ1) is 15.7. The molecule has 1 atom stereocenters. The van der Waals surface area contributed by atoms with Gasteiger partial charge in [0.25, 0.3) is 0 Å². The fourth-order valence-corrected chi connectivity index (χ4v) is 2.65. The smallest absolute Gasteiger partial charge is 0.224 e. The van der Waals surface area contributed by atoms with Crippen LogP contribution in [0.25, 0.3) is 0 Å². The standard InChI is InChI=1S/C13H24N2O2.ClH/c16-13(11-6-7-14-10-11)15-8-9-17-12-4-2-1-3-5-12;/h11-12,14H,1-10H2,(H,15,16);1H. The van der Waals surface area contributed by atoms with Gasteiger partial charge in [-0.05, 0) is 25.8 Å². The topological polar surface area (TPSA) is 50.4 Å². The minimum atomic E-state index is 0. The van der Waals surface area contributed by atoms with Crippen LogP contribution in [0.2, 0.25) is 0 Å². The molecule has 0 aromatic carbocycles. The molecule has 2 fully saturated rings. The van der Waals surface area contributed by atoms with Crippen LogP contribution in [0.5, 0.6) is 0 Å². The number of amides is 1. The second-order valence-electron chi connectivity index (χ2n) is 5.11. The maximum atomic E-state index is 11.7. The van der Waals surface area contributed by atoms with E-state index in [-0.39, 0.29) is 24.2 Å². The summed E-state index contributed by atoms with van der Waals surface area (Å²) in [5.41, 5.74) is 0. The molecule has 18 heavy (non-hydrogen) atoms. The number of nitrogens with one attached hydrogen (secondary N) is 2. The van der Waals surface area contributed by atoms with E-state index in [1.165, 1.54) is 32.1 Å². The van der Waals surface area contributed by atoms with Crippen LogP contribution in [-0.4, -0.2) is 38.3 Å². The van der Waals surface area contributed by atoms with Gasteiger partial charge in [-0.15, -0.1) is 12.4 Å². The number of halogens is 1. The van der Waals surface area contributed by atoms with Crippen molar-refractivity contribution < 1.29 is 9.53 Å². The molecule has 1 saturated carbocycles. The molecule has 1 heterocycles. The van der Waals surface area contributed by atoms with Crippen LogP contribution in [-0.2, 0) is 9.53 Å². The zero-order valence-electron chi connectivity index (χ0n) is 11.0. The largest absolute Gasteiger partial charge is 0.376 e. The van der Waals surface area contributed by atoms with E-state index in [1.54, 1.807) is 0 Å². The monoisotopic (exact) mass is 276 g/mol. The lowest BCUT2D eigenvalue weighted by atomic mass is 9.98. The molecule has 0 aromatic heterocycles. The molecule has 0 spiro atoms. The summed E-state index contributed by atoms with van der Waals surface area (Å²) in [6.07, 6.45) is 7.74. The number of carbonyl (C=O) groups is 1. The second kappa shape index (κ2) is 8.73. The predicted molar refractivity (Wildman–Crippen MR) is 74.1 cm³/mol. The lowest BCUT2D eigenvalue weighted by molar-refractivity contribution is -0.124. The van der Waals surface area contributed by atoms with Gasteiger partial charge in [0, 0.05) is 13.1 Å². The number of carbonyl (C=O) groups excluding carboxylic acids is 1. The van der Waals surface area contributed by atoms with E-state index in [1.807, 2.05) is 0 Å². The van der Waals surface area contributed by atoms with Crippen molar-refractivity contribution in [1.29, 1.82) is 0 Å². The first-order chi connectivity index (χ1) is 8.36. The van der Waals surface area contributed by atoms with Crippen molar-refractivity contribution in [2.24, 2.45) is 5.92 Å². The zero-order valence-corrected chi connectivity index (χ0v) is 11.8. The quantitative estimate of drug-likeness (QED) is 0.748. The Bertz CT molecular complexity index is 239. The molecule has 4 nitrogen and oxygen atoms in total. The van der Waals surface area contributed by atoms with Crippen molar-refractivity contribution in [2.45, 2.75) is 44.6 Å². The number of rotatable bonds is 5. The average molecular weight is 277 g/mol. The van der Waals surface area contributed by atoms with Crippen molar-refractivity contribution in [3.8, 4) is 0 Å². The van der Waals surface area contributed by atoms with E-state index >= 15 is 0 Å². The minimum absolute atomic E-state index is 0. The molecule has 1 aliphatic heterocycles. The van der Waals surface area contributed by atoms with E-state index in [4.69, 9.17) is 4.74 Å². The summed E-state index contributed by atoms with van der Waals surface area (Å²) in [6.45, 7) is 3.12. The normalized spacial score (nSPS) is 24.6. The fourth-order valence-electron chi connectivity index (χ4n) is 2.65. The van der Waals surface area contributed by atoms with Gasteiger partial charge < -0.3 is 15.4 Å². The predicted octanol–water partition coefficient (Wildman–Crippen LogP) is 1.48. The number of ether oxygens (including phenoxy) is 1. The van der Waals surface area contributed by atoms with Gasteiger partial charge in [0.05, 0.1) is 18.6 Å². The lowest BCUT2D eigenvalue weighted by Crippen LogP contribution is -2.35. The first-order valence-corrected chi connectivity index (χ1v) is 6.96. The molecular formula is C13H25ClN2O2. The maximum Gasteiger partial charge on any atom is 0.224 e. The van der Waals surface area contributed by atoms with Crippen LogP contribution in [0, 0.1) is 5.92 Å². The third-order valence-electron chi connectivity index (χ3n) is 3.74. The lowest BCUT2D eigenvalue weighted by Gasteiger charge is -2.22. The average Bonchev–Trinajstić information content (AvgIpc) is 2.89. The summed E-state index contributed by atoms with van der Waals surface area (Å²) in [6, 6.07) is 0. The molecule has 0 aromatic rings. The summed E-state index contributed by atoms with van der Waals surface area (Å²) in [7, 11) is 0. The van der Waals surface area contributed by atoms with Crippen LogP contribution >= 0.6 is 12.4 Å². The van der Waals surface area contributed by atoms with Crippen LogP contribution in [0.1, 0.15) is 38.5 Å². The van der Waals surface area contributed by atoms with Crippen molar-refractivity contribution in [1.82, 2.24) is 10.6 Å². The van der Waals surface area contributed by atoms with Crippen LogP contribution in [0.3, 0.4) is 0 Å². The Morgan fingerprint density at radius 3 is 2.67 bits per heavy atom. The molecule has 5 heteroatoms. The van der Waals surface area contributed by atoms with E-state index in [2.05, 4.69) is 10.6 Å². The zero-order chi connectivity index (χ0) is 11.9. The SMILES string of the molecule is Cl.O=C(NCCOC1CCCCC1)C1CCNC1. The Morgan fingerprint density at radius 2 is 2.00 bits per heavy atom. The summed E-state index contributed by atoms with van der Waals surface area (Å²) in [5, 5.41) is 6.16. The van der Waals surface area contributed by atoms with E-state index in [9.17, 15) is 4.79 Å². The van der Waals surface area contributed by atoms with Gasteiger partial charge >= 0.3 is 0 Å². The highest BCUT2D eigenvalue weighted by Crippen LogP contribution is 2.19. The molecule has 106 valence electrons. The molecule has 1 amide bonds. The van der Waals surface area contributed by atoms with Crippen molar-refractivity contribution in [3.63, 3.8) is 0 Å². The van der Waals surface area contributed by atoms with Crippen LogP contribution in [0.15, 0.2) is 0 Å². The summed E-state index contributed by atoms with van der Waals surface area (Å²) in [4.78, 5) is 11.7. The number of hydrogen-bond acceptors (Lipinski definition) is 3. The van der Waals surface area contributed by atoms with Gasteiger partial charge in [-0.3, -0.25) is 4.79 Å². The minimum Gasteiger partial charge on any atom is -0.376 e. The highest BCUT2D eigenvalue weighted by Gasteiger charge is 2.21. The van der Waals surface area contributed by atoms with E-state index in [0.717, 1.165) is 19.5 Å². The Hall–Kier alpha value is -0.320. The summed E-state index contributed by atoms with van der Waals surface area (Å²) >= 11 is 0. The molecule has 1 unspecified atom stereocenters. The second-order valence-corrected chi connectivity index (χ2v) is 5.11. The fraction of sp³-hybridized carbons (Fsp3) is 0.923. The summed E-state index contributed by atoms with van der Waals surface area (Å²) < 4.78 is 5.77. The van der Waals surface area contributed by atoms with Gasteiger partial charge in [0.2, 0.25) is 5.91 Å². The van der Waals surface area contributed by atoms with Gasteiger partial charge in [0.15, 0.2) is 0 Å². The van der Waals surface area contributed by atoms with Crippen LogP contribution < -0.4 is 10.6 Å². The molecule has 2 aliphatic rings. The van der Waals surface area contributed by atoms with Gasteiger partial charge in [0.1, 0.15) is 0 Å².